The molecule has 2 aromatic rings. The van der Waals surface area contributed by atoms with Gasteiger partial charge in [0.1, 0.15) is 11.6 Å². The molecule has 0 aliphatic carbocycles. The van der Waals surface area contributed by atoms with Gasteiger partial charge >= 0.3 is 0 Å². The SMILES string of the molecule is CCOc1cn(-c2ccc(C(C)=O)cc2)cc1C#N. The average molecular weight is 254 g/mol. The van der Waals surface area contributed by atoms with Crippen LogP contribution in [-0.4, -0.2) is 17.0 Å². The summed E-state index contributed by atoms with van der Waals surface area (Å²) in [4.78, 5) is 11.2. The number of nitriles is 1. The predicted octanol–water partition coefficient (Wildman–Crippen LogP) is 2.95. The second-order valence-electron chi connectivity index (χ2n) is 4.09. The lowest BCUT2D eigenvalue weighted by atomic mass is 10.1. The summed E-state index contributed by atoms with van der Waals surface area (Å²) in [6.07, 6.45) is 3.48. The number of carbonyl (C=O) groups is 1. The summed E-state index contributed by atoms with van der Waals surface area (Å²) in [6, 6.07) is 9.32. The van der Waals surface area contributed by atoms with Gasteiger partial charge in [-0.05, 0) is 38.1 Å². The molecule has 1 aromatic carbocycles. The van der Waals surface area contributed by atoms with E-state index in [2.05, 4.69) is 6.07 Å². The highest BCUT2D eigenvalue weighted by atomic mass is 16.5. The van der Waals surface area contributed by atoms with E-state index in [4.69, 9.17) is 10.00 Å². The van der Waals surface area contributed by atoms with Gasteiger partial charge in [-0.1, -0.05) is 0 Å². The van der Waals surface area contributed by atoms with Crippen molar-refractivity contribution in [3.05, 3.63) is 47.8 Å². The van der Waals surface area contributed by atoms with Gasteiger partial charge in [0.15, 0.2) is 11.5 Å². The molecule has 4 heteroatoms. The standard InChI is InChI=1S/C15H14N2O2/c1-3-19-15-10-17(9-13(15)8-16)14-6-4-12(5-7-14)11(2)18/h4-7,9-10H,3H2,1-2H3. The van der Waals surface area contributed by atoms with Gasteiger partial charge in [0.05, 0.1) is 12.8 Å². The maximum absolute atomic E-state index is 11.2. The maximum atomic E-state index is 11.2. The fraction of sp³-hybridized carbons (Fsp3) is 0.200. The quantitative estimate of drug-likeness (QED) is 0.788. The Hall–Kier alpha value is -2.54. The van der Waals surface area contributed by atoms with Gasteiger partial charge in [-0.3, -0.25) is 4.79 Å². The fourth-order valence-corrected chi connectivity index (χ4v) is 1.81. The average Bonchev–Trinajstić information content (AvgIpc) is 2.82. The van der Waals surface area contributed by atoms with E-state index in [-0.39, 0.29) is 5.78 Å². The Bertz CT molecular complexity index is 633. The lowest BCUT2D eigenvalue weighted by Gasteiger charge is -2.03. The first kappa shape index (κ1) is 12.9. The van der Waals surface area contributed by atoms with E-state index < -0.39 is 0 Å². The van der Waals surface area contributed by atoms with E-state index in [1.54, 1.807) is 24.5 Å². The molecule has 0 bridgehead atoms. The Morgan fingerprint density at radius 2 is 2.00 bits per heavy atom. The Morgan fingerprint density at radius 1 is 1.32 bits per heavy atom. The highest BCUT2D eigenvalue weighted by Crippen LogP contribution is 2.22. The number of ketones is 1. The summed E-state index contributed by atoms with van der Waals surface area (Å²) in [6.45, 7) is 3.92. The Morgan fingerprint density at radius 3 is 2.53 bits per heavy atom. The number of hydrogen-bond acceptors (Lipinski definition) is 3. The first-order chi connectivity index (χ1) is 9.15. The number of benzene rings is 1. The molecule has 0 saturated carbocycles. The normalized spacial score (nSPS) is 9.95. The van der Waals surface area contributed by atoms with Gasteiger partial charge in [0.25, 0.3) is 0 Å². The first-order valence-electron chi connectivity index (χ1n) is 6.02. The smallest absolute Gasteiger partial charge is 0.159 e. The van der Waals surface area contributed by atoms with Gasteiger partial charge in [-0.2, -0.15) is 5.26 Å². The Kier molecular flexibility index (Phi) is 3.67. The van der Waals surface area contributed by atoms with E-state index in [0.717, 1.165) is 5.69 Å². The summed E-state index contributed by atoms with van der Waals surface area (Å²) in [7, 11) is 0. The van der Waals surface area contributed by atoms with Gasteiger partial charge in [0, 0.05) is 17.4 Å². The number of nitrogens with zero attached hydrogens (tertiary/aromatic N) is 2. The summed E-state index contributed by atoms with van der Waals surface area (Å²) in [5.74, 6) is 0.604. The van der Waals surface area contributed by atoms with Crippen molar-refractivity contribution in [2.45, 2.75) is 13.8 Å². The van der Waals surface area contributed by atoms with Crippen molar-refractivity contribution >= 4 is 5.78 Å². The molecule has 2 rings (SSSR count). The molecule has 0 spiro atoms. The van der Waals surface area contributed by atoms with Crippen molar-refractivity contribution < 1.29 is 9.53 Å². The maximum Gasteiger partial charge on any atom is 0.159 e. The molecule has 0 unspecified atom stereocenters. The van der Waals surface area contributed by atoms with Gasteiger partial charge < -0.3 is 9.30 Å². The van der Waals surface area contributed by atoms with Gasteiger partial charge in [-0.25, -0.2) is 0 Å². The van der Waals surface area contributed by atoms with E-state index in [0.29, 0.717) is 23.5 Å². The van der Waals surface area contributed by atoms with Crippen LogP contribution in [0.4, 0.5) is 0 Å². The molecule has 96 valence electrons. The lowest BCUT2D eigenvalue weighted by molar-refractivity contribution is 0.101. The summed E-state index contributed by atoms with van der Waals surface area (Å²) in [5.41, 5.74) is 2.05. The molecular weight excluding hydrogens is 240 g/mol. The predicted molar refractivity (Wildman–Crippen MR) is 71.7 cm³/mol. The second-order valence-corrected chi connectivity index (χ2v) is 4.09. The molecule has 1 aromatic heterocycles. The zero-order valence-electron chi connectivity index (χ0n) is 10.9. The molecule has 0 N–H and O–H groups in total. The van der Waals surface area contributed by atoms with Crippen LogP contribution < -0.4 is 4.74 Å². The number of ether oxygens (including phenoxy) is 1. The molecule has 0 radical (unpaired) electrons. The van der Waals surface area contributed by atoms with Crippen LogP contribution in [0.25, 0.3) is 5.69 Å². The number of carbonyl (C=O) groups excluding carboxylic acids is 1. The Balaban J connectivity index is 2.36. The molecule has 0 aliphatic heterocycles. The fourth-order valence-electron chi connectivity index (χ4n) is 1.81. The zero-order valence-corrected chi connectivity index (χ0v) is 10.9. The van der Waals surface area contributed by atoms with Gasteiger partial charge in [0.2, 0.25) is 0 Å². The first-order valence-corrected chi connectivity index (χ1v) is 6.02. The molecule has 0 amide bonds. The largest absolute Gasteiger partial charge is 0.491 e. The molecular formula is C15H14N2O2. The lowest BCUT2D eigenvalue weighted by Crippen LogP contribution is -1.94. The van der Waals surface area contributed by atoms with Crippen molar-refractivity contribution in [3.63, 3.8) is 0 Å². The summed E-state index contributed by atoms with van der Waals surface area (Å²) < 4.78 is 7.21. The minimum absolute atomic E-state index is 0.0341. The third kappa shape index (κ3) is 2.66. The van der Waals surface area contributed by atoms with Crippen molar-refractivity contribution in [1.82, 2.24) is 4.57 Å². The monoisotopic (exact) mass is 254 g/mol. The Labute approximate surface area is 111 Å². The van der Waals surface area contributed by atoms with Crippen LogP contribution in [-0.2, 0) is 0 Å². The van der Waals surface area contributed by atoms with Crippen molar-refractivity contribution in [3.8, 4) is 17.5 Å². The van der Waals surface area contributed by atoms with Crippen molar-refractivity contribution in [2.75, 3.05) is 6.61 Å². The van der Waals surface area contributed by atoms with Crippen LogP contribution in [0, 0.1) is 11.3 Å². The third-order valence-corrected chi connectivity index (χ3v) is 2.78. The van der Waals surface area contributed by atoms with Crippen LogP contribution in [0.15, 0.2) is 36.7 Å². The molecule has 0 saturated heterocycles. The van der Waals surface area contributed by atoms with E-state index in [9.17, 15) is 4.79 Å². The van der Waals surface area contributed by atoms with E-state index in [1.165, 1.54) is 6.92 Å². The number of Topliss-reactive ketones (excluding diaryl/α,β-unsaturated/α-hetero) is 1. The second kappa shape index (κ2) is 5.40. The molecule has 19 heavy (non-hydrogen) atoms. The van der Waals surface area contributed by atoms with Crippen LogP contribution >= 0.6 is 0 Å². The topological polar surface area (TPSA) is 55.0 Å². The highest BCUT2D eigenvalue weighted by molar-refractivity contribution is 5.94. The van der Waals surface area contributed by atoms with Crippen molar-refractivity contribution in [1.29, 1.82) is 5.26 Å². The van der Waals surface area contributed by atoms with Crippen LogP contribution in [0.2, 0.25) is 0 Å². The zero-order chi connectivity index (χ0) is 13.8. The molecule has 0 fully saturated rings. The van der Waals surface area contributed by atoms with E-state index in [1.807, 2.05) is 23.6 Å². The third-order valence-electron chi connectivity index (χ3n) is 2.78. The molecule has 0 atom stereocenters. The van der Waals surface area contributed by atoms with Crippen molar-refractivity contribution in [2.24, 2.45) is 0 Å². The minimum atomic E-state index is 0.0341. The molecule has 1 heterocycles. The van der Waals surface area contributed by atoms with Crippen LogP contribution in [0.3, 0.4) is 0 Å². The highest BCUT2D eigenvalue weighted by Gasteiger charge is 2.08. The van der Waals surface area contributed by atoms with Gasteiger partial charge in [-0.15, -0.1) is 0 Å². The minimum Gasteiger partial charge on any atom is -0.491 e. The molecule has 4 nitrogen and oxygen atoms in total. The molecule has 0 aliphatic rings. The summed E-state index contributed by atoms with van der Waals surface area (Å²) in [5, 5.41) is 9.03. The van der Waals surface area contributed by atoms with E-state index >= 15 is 0 Å². The summed E-state index contributed by atoms with van der Waals surface area (Å²) >= 11 is 0. The van der Waals surface area contributed by atoms with Crippen LogP contribution in [0.1, 0.15) is 29.8 Å². The van der Waals surface area contributed by atoms with Crippen LogP contribution in [0.5, 0.6) is 5.75 Å². The number of hydrogen-bond donors (Lipinski definition) is 0. The number of rotatable bonds is 4. The number of aromatic nitrogens is 1.